The third-order valence-electron chi connectivity index (χ3n) is 3.22. The lowest BCUT2D eigenvalue weighted by atomic mass is 9.88. The summed E-state index contributed by atoms with van der Waals surface area (Å²) in [7, 11) is 2.12. The molecule has 15 heavy (non-hydrogen) atoms. The molecule has 0 aliphatic carbocycles. The lowest BCUT2D eigenvalue weighted by molar-refractivity contribution is -0.0144. The number of piperidine rings is 1. The van der Waals surface area contributed by atoms with Crippen LogP contribution in [0.25, 0.3) is 0 Å². The smallest absolute Gasteiger partial charge is 0.0720 e. The molecule has 2 heterocycles. The normalized spacial score (nSPS) is 21.8. The van der Waals surface area contributed by atoms with E-state index in [4.69, 9.17) is 0 Å². The number of nitrogens with zero attached hydrogens (tertiary/aromatic N) is 1. The molecule has 0 unspecified atom stereocenters. The predicted molar refractivity (Wildman–Crippen MR) is 64.4 cm³/mol. The third-order valence-corrected chi connectivity index (χ3v) is 4.22. The molecule has 0 bridgehead atoms. The van der Waals surface area contributed by atoms with Crippen molar-refractivity contribution in [1.82, 2.24) is 4.90 Å². The Morgan fingerprint density at radius 2 is 2.07 bits per heavy atom. The topological polar surface area (TPSA) is 23.5 Å². The number of hydrogen-bond acceptors (Lipinski definition) is 3. The third kappa shape index (κ3) is 2.80. The van der Waals surface area contributed by atoms with Crippen LogP contribution < -0.4 is 0 Å². The summed E-state index contributed by atoms with van der Waals surface area (Å²) in [5, 5.41) is 10.4. The number of hydrogen-bond donors (Lipinski definition) is 1. The predicted octanol–water partition coefficient (Wildman–Crippen LogP) is 2.06. The minimum absolute atomic E-state index is 0.455. The number of likely N-dealkylation sites (tertiary alicyclic amines) is 1. The maximum Gasteiger partial charge on any atom is 0.0720 e. The van der Waals surface area contributed by atoms with Crippen molar-refractivity contribution in [1.29, 1.82) is 0 Å². The van der Waals surface area contributed by atoms with Gasteiger partial charge in [-0.1, -0.05) is 0 Å². The first-order valence-electron chi connectivity index (χ1n) is 5.54. The fourth-order valence-corrected chi connectivity index (χ4v) is 3.14. The second-order valence-electron chi connectivity index (χ2n) is 4.72. The Kier molecular flexibility index (Phi) is 3.14. The van der Waals surface area contributed by atoms with Gasteiger partial charge in [-0.25, -0.2) is 0 Å². The summed E-state index contributed by atoms with van der Waals surface area (Å²) >= 11 is 1.81. The molecule has 0 radical (unpaired) electrons. The molecule has 1 aliphatic heterocycles. The lowest BCUT2D eigenvalue weighted by Crippen LogP contribution is -2.43. The van der Waals surface area contributed by atoms with Crippen LogP contribution in [0.5, 0.6) is 0 Å². The average Bonchev–Trinajstić information content (AvgIpc) is 2.57. The van der Waals surface area contributed by atoms with E-state index in [1.54, 1.807) is 0 Å². The Bertz CT molecular complexity index is 326. The van der Waals surface area contributed by atoms with E-state index in [0.29, 0.717) is 0 Å². The van der Waals surface area contributed by atoms with Gasteiger partial charge < -0.3 is 10.0 Å². The highest BCUT2D eigenvalue weighted by Crippen LogP contribution is 2.28. The van der Waals surface area contributed by atoms with E-state index < -0.39 is 5.60 Å². The highest BCUT2D eigenvalue weighted by atomic mass is 32.1. The Morgan fingerprint density at radius 1 is 1.40 bits per heavy atom. The summed E-state index contributed by atoms with van der Waals surface area (Å²) in [5.74, 6) is 0. The number of aliphatic hydroxyl groups is 1. The number of thiophene rings is 1. The van der Waals surface area contributed by atoms with Crippen LogP contribution in [0.15, 0.2) is 12.1 Å². The van der Waals surface area contributed by atoms with Crippen molar-refractivity contribution >= 4 is 11.3 Å². The van der Waals surface area contributed by atoms with Gasteiger partial charge in [0, 0.05) is 29.3 Å². The molecule has 1 N–H and O–H groups in total. The fourth-order valence-electron chi connectivity index (χ4n) is 2.12. The van der Waals surface area contributed by atoms with E-state index >= 15 is 0 Å². The molecule has 1 aromatic rings. The van der Waals surface area contributed by atoms with Crippen LogP contribution in [-0.2, 0) is 6.42 Å². The molecule has 0 atom stereocenters. The van der Waals surface area contributed by atoms with Gasteiger partial charge in [0.05, 0.1) is 5.60 Å². The van der Waals surface area contributed by atoms with Crippen LogP contribution in [0.1, 0.15) is 22.6 Å². The monoisotopic (exact) mass is 225 g/mol. The summed E-state index contributed by atoms with van der Waals surface area (Å²) < 4.78 is 0. The minimum atomic E-state index is -0.455. The van der Waals surface area contributed by atoms with Crippen LogP contribution in [-0.4, -0.2) is 35.7 Å². The van der Waals surface area contributed by atoms with Gasteiger partial charge in [0.2, 0.25) is 0 Å². The van der Waals surface area contributed by atoms with Gasteiger partial charge in [0.1, 0.15) is 0 Å². The summed E-state index contributed by atoms with van der Waals surface area (Å²) in [6.07, 6.45) is 2.64. The first-order valence-corrected chi connectivity index (χ1v) is 6.35. The van der Waals surface area contributed by atoms with E-state index in [1.807, 2.05) is 11.3 Å². The van der Waals surface area contributed by atoms with Crippen molar-refractivity contribution in [3.63, 3.8) is 0 Å². The Balaban J connectivity index is 1.99. The molecule has 2 rings (SSSR count). The average molecular weight is 225 g/mol. The zero-order chi connectivity index (χ0) is 10.9. The van der Waals surface area contributed by atoms with Crippen molar-refractivity contribution in [3.05, 3.63) is 21.9 Å². The SMILES string of the molecule is Cc1ccc(CC2(O)CCN(C)CC2)s1. The van der Waals surface area contributed by atoms with Crippen LogP contribution >= 0.6 is 11.3 Å². The molecule has 1 saturated heterocycles. The van der Waals surface area contributed by atoms with Crippen LogP contribution in [0.3, 0.4) is 0 Å². The van der Waals surface area contributed by atoms with Crippen LogP contribution in [0.2, 0.25) is 0 Å². The maximum absolute atomic E-state index is 10.4. The molecule has 1 fully saturated rings. The molecule has 2 nitrogen and oxygen atoms in total. The summed E-state index contributed by atoms with van der Waals surface area (Å²) in [6, 6.07) is 4.29. The van der Waals surface area contributed by atoms with Gasteiger partial charge in [-0.05, 0) is 38.9 Å². The van der Waals surface area contributed by atoms with Gasteiger partial charge in [-0.3, -0.25) is 0 Å². The largest absolute Gasteiger partial charge is 0.389 e. The fraction of sp³-hybridized carbons (Fsp3) is 0.667. The summed E-state index contributed by atoms with van der Waals surface area (Å²) in [4.78, 5) is 4.94. The van der Waals surface area contributed by atoms with E-state index in [0.717, 1.165) is 32.4 Å². The number of aryl methyl sites for hydroxylation is 1. The minimum Gasteiger partial charge on any atom is -0.389 e. The van der Waals surface area contributed by atoms with Gasteiger partial charge in [-0.15, -0.1) is 11.3 Å². The van der Waals surface area contributed by atoms with Gasteiger partial charge in [-0.2, -0.15) is 0 Å². The first kappa shape index (κ1) is 11.1. The van der Waals surface area contributed by atoms with E-state index in [9.17, 15) is 5.11 Å². The van der Waals surface area contributed by atoms with Gasteiger partial charge in [0.15, 0.2) is 0 Å². The van der Waals surface area contributed by atoms with Gasteiger partial charge in [0.25, 0.3) is 0 Å². The summed E-state index contributed by atoms with van der Waals surface area (Å²) in [6.45, 7) is 4.15. The molecule has 0 spiro atoms. The summed E-state index contributed by atoms with van der Waals surface area (Å²) in [5.41, 5.74) is -0.455. The second-order valence-corrected chi connectivity index (χ2v) is 6.09. The quantitative estimate of drug-likeness (QED) is 0.833. The Labute approximate surface area is 95.5 Å². The van der Waals surface area contributed by atoms with Crippen molar-refractivity contribution < 1.29 is 5.11 Å². The zero-order valence-corrected chi connectivity index (χ0v) is 10.3. The van der Waals surface area contributed by atoms with Crippen molar-refractivity contribution in [2.75, 3.05) is 20.1 Å². The molecule has 3 heteroatoms. The Morgan fingerprint density at radius 3 is 2.60 bits per heavy atom. The molecule has 1 aromatic heterocycles. The van der Waals surface area contributed by atoms with E-state index in [1.165, 1.54) is 9.75 Å². The molecule has 0 aromatic carbocycles. The first-order chi connectivity index (χ1) is 7.07. The number of rotatable bonds is 2. The van der Waals surface area contributed by atoms with Crippen LogP contribution in [0, 0.1) is 6.92 Å². The Hall–Kier alpha value is -0.380. The van der Waals surface area contributed by atoms with Crippen molar-refractivity contribution in [3.8, 4) is 0 Å². The lowest BCUT2D eigenvalue weighted by Gasteiger charge is -2.36. The molecule has 84 valence electrons. The second kappa shape index (κ2) is 4.24. The molecule has 0 saturated carbocycles. The van der Waals surface area contributed by atoms with Crippen molar-refractivity contribution in [2.45, 2.75) is 31.8 Å². The molecule has 0 amide bonds. The van der Waals surface area contributed by atoms with Crippen LogP contribution in [0.4, 0.5) is 0 Å². The zero-order valence-electron chi connectivity index (χ0n) is 9.49. The van der Waals surface area contributed by atoms with E-state index in [2.05, 4.69) is 31.0 Å². The van der Waals surface area contributed by atoms with Crippen molar-refractivity contribution in [2.24, 2.45) is 0 Å². The molecular weight excluding hydrogens is 206 g/mol. The molecule has 1 aliphatic rings. The molecular formula is C12H19NOS. The highest BCUT2D eigenvalue weighted by molar-refractivity contribution is 7.11. The van der Waals surface area contributed by atoms with E-state index in [-0.39, 0.29) is 0 Å². The van der Waals surface area contributed by atoms with Gasteiger partial charge >= 0.3 is 0 Å². The highest BCUT2D eigenvalue weighted by Gasteiger charge is 2.31. The standard InChI is InChI=1S/C12H19NOS/c1-10-3-4-11(15-10)9-12(14)5-7-13(2)8-6-12/h3-4,14H,5-9H2,1-2H3. The maximum atomic E-state index is 10.4.